The van der Waals surface area contributed by atoms with Gasteiger partial charge in [0, 0.05) is 37.5 Å². The Labute approximate surface area is 95.9 Å². The van der Waals surface area contributed by atoms with Crippen LogP contribution in [0.25, 0.3) is 0 Å². The van der Waals surface area contributed by atoms with Crippen molar-refractivity contribution in [1.29, 1.82) is 0 Å². The fourth-order valence-corrected chi connectivity index (χ4v) is 2.20. The first kappa shape index (κ1) is 10.0. The van der Waals surface area contributed by atoms with Crippen LogP contribution in [0.1, 0.15) is 42.8 Å². The SMILES string of the molecule is CCNc1nc(C2CC2)nc2c1CNCC2. The van der Waals surface area contributed by atoms with Gasteiger partial charge in [-0.25, -0.2) is 9.97 Å². The topological polar surface area (TPSA) is 49.8 Å². The molecule has 2 N–H and O–H groups in total. The second kappa shape index (κ2) is 4.01. The average molecular weight is 218 g/mol. The molecule has 0 aromatic carbocycles. The van der Waals surface area contributed by atoms with Crippen LogP contribution in [0.4, 0.5) is 5.82 Å². The lowest BCUT2D eigenvalue weighted by molar-refractivity contribution is 0.621. The fraction of sp³-hybridized carbons (Fsp3) is 0.667. The van der Waals surface area contributed by atoms with E-state index in [2.05, 4.69) is 22.5 Å². The lowest BCUT2D eigenvalue weighted by atomic mass is 10.1. The molecule has 1 fully saturated rings. The summed E-state index contributed by atoms with van der Waals surface area (Å²) in [6.07, 6.45) is 3.57. The molecule has 1 aromatic heterocycles. The van der Waals surface area contributed by atoms with Crippen LogP contribution in [0.5, 0.6) is 0 Å². The minimum absolute atomic E-state index is 0.637. The van der Waals surface area contributed by atoms with Crippen molar-refractivity contribution >= 4 is 5.82 Å². The molecule has 0 amide bonds. The third-order valence-corrected chi connectivity index (χ3v) is 3.24. The first-order chi connectivity index (χ1) is 7.88. The van der Waals surface area contributed by atoms with E-state index in [0.717, 1.165) is 37.7 Å². The maximum Gasteiger partial charge on any atom is 0.134 e. The van der Waals surface area contributed by atoms with Gasteiger partial charge < -0.3 is 10.6 Å². The number of aromatic nitrogens is 2. The Balaban J connectivity index is 2.01. The van der Waals surface area contributed by atoms with Crippen molar-refractivity contribution in [2.75, 3.05) is 18.4 Å². The zero-order valence-corrected chi connectivity index (χ0v) is 9.71. The fourth-order valence-electron chi connectivity index (χ4n) is 2.20. The maximum absolute atomic E-state index is 4.73. The molecule has 0 saturated heterocycles. The van der Waals surface area contributed by atoms with Crippen LogP contribution in [-0.2, 0) is 13.0 Å². The summed E-state index contributed by atoms with van der Waals surface area (Å²) in [5, 5.41) is 6.75. The van der Waals surface area contributed by atoms with Gasteiger partial charge in [0.2, 0.25) is 0 Å². The van der Waals surface area contributed by atoms with E-state index in [1.165, 1.54) is 24.1 Å². The Morgan fingerprint density at radius 2 is 2.25 bits per heavy atom. The van der Waals surface area contributed by atoms with Crippen LogP contribution in [-0.4, -0.2) is 23.1 Å². The van der Waals surface area contributed by atoms with Gasteiger partial charge in [0.05, 0.1) is 5.69 Å². The molecule has 86 valence electrons. The van der Waals surface area contributed by atoms with Crippen molar-refractivity contribution in [3.05, 3.63) is 17.1 Å². The second-order valence-corrected chi connectivity index (χ2v) is 4.59. The zero-order valence-electron chi connectivity index (χ0n) is 9.71. The third-order valence-electron chi connectivity index (χ3n) is 3.24. The van der Waals surface area contributed by atoms with Gasteiger partial charge in [-0.2, -0.15) is 0 Å². The lowest BCUT2D eigenvalue weighted by Gasteiger charge is -2.20. The van der Waals surface area contributed by atoms with Gasteiger partial charge in [-0.15, -0.1) is 0 Å². The first-order valence-corrected chi connectivity index (χ1v) is 6.22. The Morgan fingerprint density at radius 3 is 3.00 bits per heavy atom. The van der Waals surface area contributed by atoms with Crippen LogP contribution >= 0.6 is 0 Å². The Morgan fingerprint density at radius 1 is 1.38 bits per heavy atom. The maximum atomic E-state index is 4.73. The van der Waals surface area contributed by atoms with Crippen LogP contribution in [0.15, 0.2) is 0 Å². The molecule has 2 heterocycles. The molecule has 4 heteroatoms. The molecule has 1 aromatic rings. The highest BCUT2D eigenvalue weighted by Crippen LogP contribution is 2.39. The van der Waals surface area contributed by atoms with Gasteiger partial charge in [-0.1, -0.05) is 0 Å². The number of nitrogens with zero attached hydrogens (tertiary/aromatic N) is 2. The van der Waals surface area contributed by atoms with Gasteiger partial charge in [-0.05, 0) is 19.8 Å². The predicted molar refractivity (Wildman–Crippen MR) is 63.6 cm³/mol. The lowest BCUT2D eigenvalue weighted by Crippen LogP contribution is -2.27. The molecule has 0 bridgehead atoms. The molecule has 3 rings (SSSR count). The van der Waals surface area contributed by atoms with Crippen LogP contribution in [0.2, 0.25) is 0 Å². The monoisotopic (exact) mass is 218 g/mol. The largest absolute Gasteiger partial charge is 0.370 e. The minimum Gasteiger partial charge on any atom is -0.370 e. The molecule has 16 heavy (non-hydrogen) atoms. The smallest absolute Gasteiger partial charge is 0.134 e. The van der Waals surface area contributed by atoms with Crippen molar-refractivity contribution in [1.82, 2.24) is 15.3 Å². The van der Waals surface area contributed by atoms with Crippen molar-refractivity contribution in [2.45, 2.75) is 38.6 Å². The van der Waals surface area contributed by atoms with Crippen molar-refractivity contribution in [2.24, 2.45) is 0 Å². The molecular weight excluding hydrogens is 200 g/mol. The highest BCUT2D eigenvalue weighted by atomic mass is 15.1. The van der Waals surface area contributed by atoms with E-state index in [-0.39, 0.29) is 0 Å². The Hall–Kier alpha value is -1.16. The van der Waals surface area contributed by atoms with Crippen LogP contribution in [0.3, 0.4) is 0 Å². The van der Waals surface area contributed by atoms with E-state index >= 15 is 0 Å². The summed E-state index contributed by atoms with van der Waals surface area (Å²) < 4.78 is 0. The quantitative estimate of drug-likeness (QED) is 0.806. The summed E-state index contributed by atoms with van der Waals surface area (Å²) in [5.41, 5.74) is 2.53. The second-order valence-electron chi connectivity index (χ2n) is 4.59. The molecule has 0 unspecified atom stereocenters. The zero-order chi connectivity index (χ0) is 11.0. The molecule has 1 aliphatic carbocycles. The number of fused-ring (bicyclic) bond motifs is 1. The molecule has 0 radical (unpaired) electrons. The Bertz CT molecular complexity index is 398. The first-order valence-electron chi connectivity index (χ1n) is 6.22. The van der Waals surface area contributed by atoms with Gasteiger partial charge in [0.15, 0.2) is 0 Å². The molecule has 2 aliphatic rings. The summed E-state index contributed by atoms with van der Waals surface area (Å²) in [7, 11) is 0. The summed E-state index contributed by atoms with van der Waals surface area (Å²) in [4.78, 5) is 9.40. The molecule has 0 spiro atoms. The number of nitrogens with one attached hydrogen (secondary N) is 2. The van der Waals surface area contributed by atoms with Gasteiger partial charge in [-0.3, -0.25) is 0 Å². The number of rotatable bonds is 3. The van der Waals surface area contributed by atoms with Crippen molar-refractivity contribution < 1.29 is 0 Å². The molecular formula is C12H18N4. The minimum atomic E-state index is 0.637. The van der Waals surface area contributed by atoms with E-state index in [1.54, 1.807) is 0 Å². The summed E-state index contributed by atoms with van der Waals surface area (Å²) >= 11 is 0. The van der Waals surface area contributed by atoms with E-state index in [0.29, 0.717) is 5.92 Å². The average Bonchev–Trinajstić information content (AvgIpc) is 3.13. The molecule has 0 atom stereocenters. The van der Waals surface area contributed by atoms with Crippen molar-refractivity contribution in [3.8, 4) is 0 Å². The predicted octanol–water partition coefficient (Wildman–Crippen LogP) is 1.43. The summed E-state index contributed by atoms with van der Waals surface area (Å²) in [6.45, 7) is 4.98. The van der Waals surface area contributed by atoms with E-state index in [9.17, 15) is 0 Å². The number of anilines is 1. The van der Waals surface area contributed by atoms with Gasteiger partial charge in [0.25, 0.3) is 0 Å². The van der Waals surface area contributed by atoms with Crippen molar-refractivity contribution in [3.63, 3.8) is 0 Å². The molecule has 1 aliphatic heterocycles. The van der Waals surface area contributed by atoms with E-state index in [4.69, 9.17) is 4.98 Å². The molecule has 4 nitrogen and oxygen atoms in total. The summed E-state index contributed by atoms with van der Waals surface area (Å²) in [6, 6.07) is 0. The van der Waals surface area contributed by atoms with E-state index < -0.39 is 0 Å². The van der Waals surface area contributed by atoms with Crippen LogP contribution in [0, 0.1) is 0 Å². The van der Waals surface area contributed by atoms with E-state index in [1.807, 2.05) is 0 Å². The normalized spacial score (nSPS) is 19.3. The highest BCUT2D eigenvalue weighted by molar-refractivity contribution is 5.48. The van der Waals surface area contributed by atoms with Gasteiger partial charge >= 0.3 is 0 Å². The Kier molecular flexibility index (Phi) is 2.52. The summed E-state index contributed by atoms with van der Waals surface area (Å²) in [5.74, 6) is 2.76. The van der Waals surface area contributed by atoms with Crippen LogP contribution < -0.4 is 10.6 Å². The third kappa shape index (κ3) is 1.78. The van der Waals surface area contributed by atoms with Gasteiger partial charge in [0.1, 0.15) is 11.6 Å². The molecule has 1 saturated carbocycles. The number of hydrogen-bond acceptors (Lipinski definition) is 4. The number of hydrogen-bond donors (Lipinski definition) is 2. The standard InChI is InChI=1S/C12H18N4/c1-2-14-12-9-7-13-6-5-10(9)15-11(16-12)8-3-4-8/h8,13H,2-7H2,1H3,(H,14,15,16). The highest BCUT2D eigenvalue weighted by Gasteiger charge is 2.29.